The van der Waals surface area contributed by atoms with Crippen molar-refractivity contribution in [2.24, 2.45) is 0 Å². The van der Waals surface area contributed by atoms with E-state index in [9.17, 15) is 13.2 Å². The summed E-state index contributed by atoms with van der Waals surface area (Å²) < 4.78 is 42.9. The second kappa shape index (κ2) is 3.95. The molecule has 16 heavy (non-hydrogen) atoms. The summed E-state index contributed by atoms with van der Waals surface area (Å²) in [5.41, 5.74) is 1.07. The molecule has 2 rings (SSSR count). The average Bonchev–Trinajstić information content (AvgIpc) is 2.54. The standard InChI is InChI=1S/C11H10BrF3O/c1-6-4-8-5-7(2-3-9(8)16-6)10(12)11(13,14)15/h2-3,5-6,10H,4H2,1H3. The van der Waals surface area contributed by atoms with Crippen LogP contribution in [0, 0.1) is 0 Å². The molecule has 0 N–H and O–H groups in total. The van der Waals surface area contributed by atoms with Crippen molar-refractivity contribution in [3.63, 3.8) is 0 Å². The fourth-order valence-corrected chi connectivity index (χ4v) is 2.07. The Labute approximate surface area is 99.7 Å². The van der Waals surface area contributed by atoms with Gasteiger partial charge >= 0.3 is 6.18 Å². The van der Waals surface area contributed by atoms with Crippen LogP contribution < -0.4 is 4.74 Å². The van der Waals surface area contributed by atoms with Crippen LogP contribution in [0.2, 0.25) is 0 Å². The maximum absolute atomic E-state index is 12.5. The van der Waals surface area contributed by atoms with E-state index in [1.807, 2.05) is 6.92 Å². The Bertz CT molecular complexity index is 403. The van der Waals surface area contributed by atoms with Crippen molar-refractivity contribution in [2.45, 2.75) is 30.5 Å². The van der Waals surface area contributed by atoms with Crippen molar-refractivity contribution in [3.05, 3.63) is 29.3 Å². The third-order valence-corrected chi connectivity index (χ3v) is 3.55. The van der Waals surface area contributed by atoms with Gasteiger partial charge in [0.15, 0.2) is 0 Å². The lowest BCUT2D eigenvalue weighted by Gasteiger charge is -2.14. The summed E-state index contributed by atoms with van der Waals surface area (Å²) in [6, 6.07) is 4.61. The zero-order valence-electron chi connectivity index (χ0n) is 8.51. The van der Waals surface area contributed by atoms with Gasteiger partial charge in [0.05, 0.1) is 0 Å². The summed E-state index contributed by atoms with van der Waals surface area (Å²) in [7, 11) is 0. The molecule has 1 nitrogen and oxygen atoms in total. The van der Waals surface area contributed by atoms with E-state index < -0.39 is 11.0 Å². The third kappa shape index (κ3) is 2.19. The zero-order valence-corrected chi connectivity index (χ0v) is 10.1. The number of alkyl halides is 4. The van der Waals surface area contributed by atoms with Crippen LogP contribution in [-0.2, 0) is 6.42 Å². The zero-order chi connectivity index (χ0) is 11.9. The van der Waals surface area contributed by atoms with E-state index in [4.69, 9.17) is 4.74 Å². The van der Waals surface area contributed by atoms with Gasteiger partial charge in [-0.05, 0) is 24.1 Å². The van der Waals surface area contributed by atoms with Crippen molar-refractivity contribution < 1.29 is 17.9 Å². The normalized spacial score (nSPS) is 21.4. The molecule has 0 saturated heterocycles. The van der Waals surface area contributed by atoms with E-state index in [-0.39, 0.29) is 11.7 Å². The molecule has 0 bridgehead atoms. The number of ether oxygens (including phenoxy) is 1. The van der Waals surface area contributed by atoms with E-state index in [0.717, 1.165) is 5.56 Å². The van der Waals surface area contributed by atoms with Crippen molar-refractivity contribution in [3.8, 4) is 5.75 Å². The lowest BCUT2D eigenvalue weighted by atomic mass is 10.0. The van der Waals surface area contributed by atoms with Crippen LogP contribution >= 0.6 is 15.9 Å². The molecule has 0 fully saturated rings. The molecular weight excluding hydrogens is 285 g/mol. The number of halogens is 4. The Balaban J connectivity index is 2.29. The molecule has 88 valence electrons. The van der Waals surface area contributed by atoms with Crippen LogP contribution in [0.4, 0.5) is 13.2 Å². The van der Waals surface area contributed by atoms with E-state index >= 15 is 0 Å². The molecule has 2 unspecified atom stereocenters. The van der Waals surface area contributed by atoms with Crippen molar-refractivity contribution in [1.82, 2.24) is 0 Å². The first-order valence-corrected chi connectivity index (χ1v) is 5.80. The summed E-state index contributed by atoms with van der Waals surface area (Å²) in [5.74, 6) is 0.693. The minimum atomic E-state index is -4.26. The number of hydrogen-bond acceptors (Lipinski definition) is 1. The lowest BCUT2D eigenvalue weighted by Crippen LogP contribution is -2.15. The van der Waals surface area contributed by atoms with Crippen LogP contribution in [0.15, 0.2) is 18.2 Å². The van der Waals surface area contributed by atoms with Crippen molar-refractivity contribution in [2.75, 3.05) is 0 Å². The van der Waals surface area contributed by atoms with Gasteiger partial charge in [-0.2, -0.15) is 13.2 Å². The number of hydrogen-bond donors (Lipinski definition) is 0. The quantitative estimate of drug-likeness (QED) is 0.711. The molecular formula is C11H10BrF3O. The minimum absolute atomic E-state index is 0.0462. The molecule has 1 aliphatic heterocycles. The van der Waals surface area contributed by atoms with Gasteiger partial charge in [0.1, 0.15) is 16.7 Å². The van der Waals surface area contributed by atoms with Crippen LogP contribution in [-0.4, -0.2) is 12.3 Å². The fourth-order valence-electron chi connectivity index (χ4n) is 1.79. The second-order valence-corrected chi connectivity index (χ2v) is 4.82. The molecule has 0 radical (unpaired) electrons. The van der Waals surface area contributed by atoms with Crippen molar-refractivity contribution >= 4 is 15.9 Å². The van der Waals surface area contributed by atoms with Gasteiger partial charge < -0.3 is 4.74 Å². The Morgan fingerprint density at radius 1 is 1.44 bits per heavy atom. The van der Waals surface area contributed by atoms with E-state index in [1.165, 1.54) is 6.07 Å². The maximum atomic E-state index is 12.5. The minimum Gasteiger partial charge on any atom is -0.490 e. The Hall–Kier alpha value is -0.710. The summed E-state index contributed by atoms with van der Waals surface area (Å²) in [6.45, 7) is 1.90. The first-order chi connectivity index (χ1) is 7.38. The molecule has 5 heteroatoms. The van der Waals surface area contributed by atoms with E-state index in [1.54, 1.807) is 12.1 Å². The molecule has 1 aromatic rings. The first-order valence-electron chi connectivity index (χ1n) is 4.88. The van der Waals surface area contributed by atoms with Gasteiger partial charge in [-0.3, -0.25) is 0 Å². The highest BCUT2D eigenvalue weighted by Gasteiger charge is 2.39. The van der Waals surface area contributed by atoms with Crippen LogP contribution in [0.1, 0.15) is 22.9 Å². The molecule has 1 aliphatic rings. The molecule has 2 atom stereocenters. The smallest absolute Gasteiger partial charge is 0.405 e. The fraction of sp³-hybridized carbons (Fsp3) is 0.455. The topological polar surface area (TPSA) is 9.23 Å². The van der Waals surface area contributed by atoms with Gasteiger partial charge in [-0.15, -0.1) is 0 Å². The summed E-state index contributed by atoms with van der Waals surface area (Å²) in [6.07, 6.45) is -3.55. The number of rotatable bonds is 1. The predicted molar refractivity (Wildman–Crippen MR) is 58.0 cm³/mol. The van der Waals surface area contributed by atoms with Gasteiger partial charge in [-0.1, -0.05) is 28.1 Å². The predicted octanol–water partition coefficient (Wildman–Crippen LogP) is 4.01. The van der Waals surface area contributed by atoms with Gasteiger partial charge in [0.2, 0.25) is 0 Å². The Morgan fingerprint density at radius 2 is 2.12 bits per heavy atom. The average molecular weight is 295 g/mol. The highest BCUT2D eigenvalue weighted by Crippen LogP contribution is 2.41. The van der Waals surface area contributed by atoms with Crippen molar-refractivity contribution in [1.29, 1.82) is 0 Å². The largest absolute Gasteiger partial charge is 0.490 e. The lowest BCUT2D eigenvalue weighted by molar-refractivity contribution is -0.128. The van der Waals surface area contributed by atoms with Crippen LogP contribution in [0.25, 0.3) is 0 Å². The molecule has 1 heterocycles. The van der Waals surface area contributed by atoms with Crippen LogP contribution in [0.3, 0.4) is 0 Å². The summed E-state index contributed by atoms with van der Waals surface area (Å²) in [4.78, 5) is -1.61. The number of benzene rings is 1. The Morgan fingerprint density at radius 3 is 2.75 bits per heavy atom. The van der Waals surface area contributed by atoms with Gasteiger partial charge in [0.25, 0.3) is 0 Å². The first kappa shape index (κ1) is 11.8. The summed E-state index contributed by atoms with van der Waals surface area (Å²) in [5, 5.41) is 0. The highest BCUT2D eigenvalue weighted by atomic mass is 79.9. The molecule has 0 saturated carbocycles. The second-order valence-electron chi connectivity index (χ2n) is 3.90. The Kier molecular flexibility index (Phi) is 2.90. The third-order valence-electron chi connectivity index (χ3n) is 2.50. The molecule has 0 spiro atoms. The summed E-state index contributed by atoms with van der Waals surface area (Å²) >= 11 is 2.66. The SMILES string of the molecule is CC1Cc2cc(C(Br)C(F)(F)F)ccc2O1. The molecule has 0 aromatic heterocycles. The molecule has 0 aliphatic carbocycles. The van der Waals surface area contributed by atoms with Gasteiger partial charge in [0, 0.05) is 6.42 Å². The van der Waals surface area contributed by atoms with Gasteiger partial charge in [-0.25, -0.2) is 0 Å². The van der Waals surface area contributed by atoms with Crippen LogP contribution in [0.5, 0.6) is 5.75 Å². The van der Waals surface area contributed by atoms with E-state index in [2.05, 4.69) is 15.9 Å². The van der Waals surface area contributed by atoms with E-state index in [0.29, 0.717) is 12.2 Å². The maximum Gasteiger partial charge on any atom is 0.405 e. The molecule has 1 aromatic carbocycles. The molecule has 0 amide bonds. The number of fused-ring (bicyclic) bond motifs is 1. The monoisotopic (exact) mass is 294 g/mol. The highest BCUT2D eigenvalue weighted by molar-refractivity contribution is 9.09.